The van der Waals surface area contributed by atoms with Crippen molar-refractivity contribution in [1.29, 1.82) is 0 Å². The maximum absolute atomic E-state index is 10.9. The van der Waals surface area contributed by atoms with Crippen molar-refractivity contribution in [2.75, 3.05) is 12.5 Å². The minimum Gasteiger partial charge on any atom is -0.256 e. The van der Waals surface area contributed by atoms with Gasteiger partial charge in [0.2, 0.25) is 10.9 Å². The number of hydrogen-bond acceptors (Lipinski definition) is 9. The molecule has 0 aliphatic heterocycles. The van der Waals surface area contributed by atoms with Crippen LogP contribution in [0.5, 0.6) is 0 Å². The molecule has 0 radical (unpaired) electrons. The van der Waals surface area contributed by atoms with E-state index >= 15 is 0 Å². The summed E-state index contributed by atoms with van der Waals surface area (Å²) in [6, 6.07) is 0. The molecule has 0 N–H and O–H groups in total. The summed E-state index contributed by atoms with van der Waals surface area (Å²) < 4.78 is 43.5. The average Bonchev–Trinajstić information content (AvgIpc) is 2.19. The first-order chi connectivity index (χ1) is 7.94. The predicted molar refractivity (Wildman–Crippen MR) is 58.3 cm³/mol. The molecule has 0 aliphatic rings. The van der Waals surface area contributed by atoms with E-state index in [9.17, 15) is 21.6 Å². The van der Waals surface area contributed by atoms with Gasteiger partial charge in [0.15, 0.2) is 19.7 Å². The SMILES string of the molecule is CC(OOC(=O)OOC(C)S(C)(=O)=O)S(C)(=O)=O. The molecule has 0 bridgehead atoms. The fourth-order valence-corrected chi connectivity index (χ4v) is 0.735. The average molecular weight is 306 g/mol. The van der Waals surface area contributed by atoms with Gasteiger partial charge in [0.1, 0.15) is 0 Å². The van der Waals surface area contributed by atoms with Crippen molar-refractivity contribution in [2.24, 2.45) is 0 Å². The highest BCUT2D eigenvalue weighted by molar-refractivity contribution is 7.91. The number of rotatable bonds is 6. The third kappa shape index (κ3) is 6.74. The van der Waals surface area contributed by atoms with Gasteiger partial charge in [-0.2, -0.15) is 14.6 Å². The monoisotopic (exact) mass is 306 g/mol. The number of carbonyl (C=O) groups excluding carboxylic acids is 1. The van der Waals surface area contributed by atoms with Crippen LogP contribution in [0, 0.1) is 0 Å². The van der Waals surface area contributed by atoms with E-state index in [0.29, 0.717) is 0 Å². The standard InChI is InChI=1S/C7H14O9S2/c1-5(17(3,9)10)13-15-7(8)16-14-6(2)18(4,11)12/h5-6H,1-4H3. The van der Waals surface area contributed by atoms with Crippen LogP contribution in [0.15, 0.2) is 0 Å². The first kappa shape index (κ1) is 17.1. The van der Waals surface area contributed by atoms with E-state index in [-0.39, 0.29) is 0 Å². The first-order valence-corrected chi connectivity index (χ1v) is 8.44. The molecular formula is C7H14O9S2. The fourth-order valence-electron chi connectivity index (χ4n) is 0.371. The van der Waals surface area contributed by atoms with Gasteiger partial charge in [0.05, 0.1) is 0 Å². The van der Waals surface area contributed by atoms with Gasteiger partial charge < -0.3 is 0 Å². The van der Waals surface area contributed by atoms with Crippen molar-refractivity contribution in [2.45, 2.75) is 24.7 Å². The Morgan fingerprint density at radius 1 is 0.833 bits per heavy atom. The molecule has 2 unspecified atom stereocenters. The zero-order valence-electron chi connectivity index (χ0n) is 10.1. The van der Waals surface area contributed by atoms with Crippen LogP contribution in [0.25, 0.3) is 0 Å². The Kier molecular flexibility index (Phi) is 5.99. The minimum atomic E-state index is -3.54. The van der Waals surface area contributed by atoms with Crippen LogP contribution in [0.4, 0.5) is 4.79 Å². The predicted octanol–water partition coefficient (Wildman–Crippen LogP) is -0.216. The highest BCUT2D eigenvalue weighted by Crippen LogP contribution is 2.04. The fraction of sp³-hybridized carbons (Fsp3) is 0.857. The van der Waals surface area contributed by atoms with E-state index in [4.69, 9.17) is 0 Å². The lowest BCUT2D eigenvalue weighted by atomic mass is 10.9. The van der Waals surface area contributed by atoms with Crippen LogP contribution >= 0.6 is 0 Å². The third-order valence-electron chi connectivity index (χ3n) is 1.71. The highest BCUT2D eigenvalue weighted by atomic mass is 32.2. The second-order valence-corrected chi connectivity index (χ2v) is 8.05. The Bertz CT molecular complexity index is 433. The van der Waals surface area contributed by atoms with Crippen molar-refractivity contribution in [3.63, 3.8) is 0 Å². The van der Waals surface area contributed by atoms with E-state index in [1.807, 2.05) is 0 Å². The lowest BCUT2D eigenvalue weighted by Crippen LogP contribution is -2.25. The van der Waals surface area contributed by atoms with E-state index < -0.39 is 36.7 Å². The highest BCUT2D eigenvalue weighted by Gasteiger charge is 2.22. The first-order valence-electron chi connectivity index (χ1n) is 4.53. The lowest BCUT2D eigenvalue weighted by Gasteiger charge is -2.10. The van der Waals surface area contributed by atoms with Gasteiger partial charge >= 0.3 is 6.16 Å². The summed E-state index contributed by atoms with van der Waals surface area (Å²) in [7, 11) is -7.09. The van der Waals surface area contributed by atoms with Gasteiger partial charge in [-0.15, -0.1) is 0 Å². The van der Waals surface area contributed by atoms with Crippen LogP contribution in [0.2, 0.25) is 0 Å². The third-order valence-corrected chi connectivity index (χ3v) is 4.28. The zero-order chi connectivity index (χ0) is 14.6. The molecule has 0 amide bonds. The quantitative estimate of drug-likeness (QED) is 0.484. The van der Waals surface area contributed by atoms with E-state index in [2.05, 4.69) is 19.6 Å². The summed E-state index contributed by atoms with van der Waals surface area (Å²) in [5, 5.41) is 0. The van der Waals surface area contributed by atoms with Crippen molar-refractivity contribution < 1.29 is 41.2 Å². The Morgan fingerprint density at radius 2 is 1.11 bits per heavy atom. The summed E-state index contributed by atoms with van der Waals surface area (Å²) in [5.41, 5.74) is -2.78. The van der Waals surface area contributed by atoms with Gasteiger partial charge in [0, 0.05) is 12.5 Å². The van der Waals surface area contributed by atoms with Crippen LogP contribution in [0.3, 0.4) is 0 Å². The molecule has 108 valence electrons. The molecule has 0 aromatic heterocycles. The van der Waals surface area contributed by atoms with Crippen LogP contribution in [0.1, 0.15) is 13.8 Å². The van der Waals surface area contributed by atoms with Crippen molar-refractivity contribution in [3.05, 3.63) is 0 Å². The van der Waals surface area contributed by atoms with Crippen molar-refractivity contribution in [1.82, 2.24) is 0 Å². The summed E-state index contributed by atoms with van der Waals surface area (Å²) in [6.45, 7) is 2.26. The van der Waals surface area contributed by atoms with Gasteiger partial charge in [-0.1, -0.05) is 0 Å². The molecule has 9 nitrogen and oxygen atoms in total. The summed E-state index contributed by atoms with van der Waals surface area (Å²) in [6.07, 6.45) is 0.212. The van der Waals surface area contributed by atoms with Crippen molar-refractivity contribution >= 4 is 25.8 Å². The topological polar surface area (TPSA) is 122 Å². The molecule has 0 aromatic rings. The second kappa shape index (κ2) is 6.31. The number of hydrogen-bond donors (Lipinski definition) is 0. The van der Waals surface area contributed by atoms with Crippen molar-refractivity contribution in [3.8, 4) is 0 Å². The lowest BCUT2D eigenvalue weighted by molar-refractivity contribution is -0.326. The summed E-state index contributed by atoms with van der Waals surface area (Å²) in [5.74, 6) is 0. The normalized spacial score (nSPS) is 15.8. The molecular weight excluding hydrogens is 292 g/mol. The zero-order valence-corrected chi connectivity index (χ0v) is 11.8. The molecule has 0 aliphatic carbocycles. The maximum Gasteiger partial charge on any atom is 0.573 e. The molecule has 18 heavy (non-hydrogen) atoms. The molecule has 0 saturated heterocycles. The van der Waals surface area contributed by atoms with Gasteiger partial charge in [-0.25, -0.2) is 16.8 Å². The molecule has 0 spiro atoms. The molecule has 0 saturated carbocycles. The molecule has 0 rings (SSSR count). The Labute approximate surface area is 105 Å². The Hall–Kier alpha value is -0.910. The molecule has 0 heterocycles. The van der Waals surface area contributed by atoms with E-state index in [1.54, 1.807) is 0 Å². The minimum absolute atomic E-state index is 0.870. The largest absolute Gasteiger partial charge is 0.573 e. The summed E-state index contributed by atoms with van der Waals surface area (Å²) >= 11 is 0. The van der Waals surface area contributed by atoms with Crippen LogP contribution < -0.4 is 0 Å². The molecule has 0 aromatic carbocycles. The second-order valence-electron chi connectivity index (χ2n) is 3.40. The number of sulfone groups is 2. The Balaban J connectivity index is 4.09. The van der Waals surface area contributed by atoms with Crippen LogP contribution in [-0.2, 0) is 39.2 Å². The smallest absolute Gasteiger partial charge is 0.256 e. The molecule has 2 atom stereocenters. The van der Waals surface area contributed by atoms with E-state index in [0.717, 1.165) is 26.4 Å². The summed E-state index contributed by atoms with van der Waals surface area (Å²) in [4.78, 5) is 27.1. The van der Waals surface area contributed by atoms with Gasteiger partial charge in [-0.3, -0.25) is 9.78 Å². The van der Waals surface area contributed by atoms with E-state index in [1.165, 1.54) is 0 Å². The van der Waals surface area contributed by atoms with Gasteiger partial charge in [0.25, 0.3) is 0 Å². The van der Waals surface area contributed by atoms with Crippen LogP contribution in [-0.4, -0.2) is 46.4 Å². The molecule has 11 heteroatoms. The Morgan fingerprint density at radius 3 is 1.33 bits per heavy atom. The van der Waals surface area contributed by atoms with Gasteiger partial charge in [-0.05, 0) is 13.8 Å². The molecule has 0 fully saturated rings. The maximum atomic E-state index is 10.9. The number of carbonyl (C=O) groups is 1.